The molecule has 0 aliphatic rings. The van der Waals surface area contributed by atoms with Crippen LogP contribution in [0.1, 0.15) is 6.92 Å². The van der Waals surface area contributed by atoms with Gasteiger partial charge in [0.05, 0.1) is 5.25 Å². The standard InChI is InChI=1S/C14H14F3N5O2S/c1-7(25-13-21-10(18)6-11(19)22-13)12(23)20-8-2-4-9(5-3-8)24-14(15,16)17/h2-7H,1H3,(H,20,23)(H4,18,19,21,22). The molecule has 0 saturated carbocycles. The molecule has 1 unspecified atom stereocenters. The molecule has 1 aromatic carbocycles. The van der Waals surface area contributed by atoms with E-state index in [0.29, 0.717) is 5.69 Å². The van der Waals surface area contributed by atoms with Crippen LogP contribution in [0.4, 0.5) is 30.5 Å². The van der Waals surface area contributed by atoms with Gasteiger partial charge in [-0.05, 0) is 31.2 Å². The minimum absolute atomic E-state index is 0.183. The van der Waals surface area contributed by atoms with Crippen molar-refractivity contribution < 1.29 is 22.7 Å². The summed E-state index contributed by atoms with van der Waals surface area (Å²) in [5, 5.41) is 2.22. The van der Waals surface area contributed by atoms with Crippen LogP contribution in [-0.4, -0.2) is 27.5 Å². The third-order valence-corrected chi connectivity index (χ3v) is 3.71. The summed E-state index contributed by atoms with van der Waals surface area (Å²) in [4.78, 5) is 20.1. The van der Waals surface area contributed by atoms with E-state index in [9.17, 15) is 18.0 Å². The Bertz CT molecular complexity index is 735. The van der Waals surface area contributed by atoms with Gasteiger partial charge in [0.15, 0.2) is 5.16 Å². The number of aromatic nitrogens is 2. The monoisotopic (exact) mass is 373 g/mol. The van der Waals surface area contributed by atoms with Gasteiger partial charge in [-0.2, -0.15) is 0 Å². The summed E-state index contributed by atoms with van der Waals surface area (Å²) < 4.78 is 40.0. The highest BCUT2D eigenvalue weighted by Gasteiger charge is 2.31. The molecule has 0 spiro atoms. The molecule has 134 valence electrons. The van der Waals surface area contributed by atoms with Gasteiger partial charge in [-0.3, -0.25) is 4.79 Å². The van der Waals surface area contributed by atoms with Crippen molar-refractivity contribution in [3.63, 3.8) is 0 Å². The number of hydrogen-bond donors (Lipinski definition) is 3. The first kappa shape index (κ1) is 18.6. The molecule has 0 saturated heterocycles. The third kappa shape index (κ3) is 6.03. The van der Waals surface area contributed by atoms with E-state index in [1.165, 1.54) is 18.2 Å². The molecule has 1 amide bonds. The Morgan fingerprint density at radius 2 is 1.76 bits per heavy atom. The summed E-state index contributed by atoms with van der Waals surface area (Å²) in [5.74, 6) is -0.402. The number of amides is 1. The Labute approximate surface area is 145 Å². The molecule has 1 aromatic heterocycles. The predicted molar refractivity (Wildman–Crippen MR) is 87.9 cm³/mol. The molecule has 5 N–H and O–H groups in total. The van der Waals surface area contributed by atoms with Crippen LogP contribution in [0.25, 0.3) is 0 Å². The number of alkyl halides is 3. The van der Waals surface area contributed by atoms with Crippen molar-refractivity contribution in [1.29, 1.82) is 0 Å². The third-order valence-electron chi connectivity index (χ3n) is 2.75. The lowest BCUT2D eigenvalue weighted by molar-refractivity contribution is -0.274. The maximum atomic E-state index is 12.1. The second kappa shape index (κ2) is 7.47. The zero-order chi connectivity index (χ0) is 18.6. The van der Waals surface area contributed by atoms with E-state index in [-0.39, 0.29) is 28.4 Å². The van der Waals surface area contributed by atoms with Crippen molar-refractivity contribution in [2.24, 2.45) is 0 Å². The van der Waals surface area contributed by atoms with E-state index < -0.39 is 11.6 Å². The quantitative estimate of drug-likeness (QED) is 0.545. The number of nitrogen functional groups attached to an aromatic ring is 2. The largest absolute Gasteiger partial charge is 0.573 e. The first-order valence-electron chi connectivity index (χ1n) is 6.86. The molecule has 11 heteroatoms. The van der Waals surface area contributed by atoms with Crippen LogP contribution >= 0.6 is 11.8 Å². The van der Waals surface area contributed by atoms with Gasteiger partial charge in [-0.25, -0.2) is 9.97 Å². The smallest absolute Gasteiger partial charge is 0.406 e. The number of thioether (sulfide) groups is 1. The van der Waals surface area contributed by atoms with Crippen LogP contribution in [0.2, 0.25) is 0 Å². The number of hydrogen-bond acceptors (Lipinski definition) is 7. The maximum Gasteiger partial charge on any atom is 0.573 e. The molecule has 2 aromatic rings. The van der Waals surface area contributed by atoms with Gasteiger partial charge in [-0.1, -0.05) is 11.8 Å². The zero-order valence-electron chi connectivity index (χ0n) is 12.9. The Kier molecular flexibility index (Phi) is 5.57. The fourth-order valence-electron chi connectivity index (χ4n) is 1.71. The molecule has 0 radical (unpaired) electrons. The van der Waals surface area contributed by atoms with Crippen LogP contribution in [0, 0.1) is 0 Å². The molecule has 0 bridgehead atoms. The number of ether oxygens (including phenoxy) is 1. The molecule has 7 nitrogen and oxygen atoms in total. The summed E-state index contributed by atoms with van der Waals surface area (Å²) in [5.41, 5.74) is 11.4. The van der Waals surface area contributed by atoms with Crippen LogP contribution < -0.4 is 21.5 Å². The normalized spacial score (nSPS) is 12.5. The Morgan fingerprint density at radius 1 is 1.20 bits per heavy atom. The highest BCUT2D eigenvalue weighted by Crippen LogP contribution is 2.25. The molecule has 0 aliphatic carbocycles. The molecular formula is C14H14F3N5O2S. The van der Waals surface area contributed by atoms with Crippen LogP contribution in [0.5, 0.6) is 5.75 Å². The number of nitrogens with two attached hydrogens (primary N) is 2. The van der Waals surface area contributed by atoms with Gasteiger partial charge in [0, 0.05) is 11.8 Å². The van der Waals surface area contributed by atoms with E-state index in [1.807, 2.05) is 0 Å². The number of rotatable bonds is 5. The van der Waals surface area contributed by atoms with Gasteiger partial charge in [0.2, 0.25) is 5.91 Å². The van der Waals surface area contributed by atoms with Crippen LogP contribution in [0.3, 0.4) is 0 Å². The fourth-order valence-corrected chi connectivity index (χ4v) is 2.51. The Balaban J connectivity index is 1.96. The fraction of sp³-hybridized carbons (Fsp3) is 0.214. The first-order valence-corrected chi connectivity index (χ1v) is 7.74. The SMILES string of the molecule is CC(Sc1nc(N)cc(N)n1)C(=O)Nc1ccc(OC(F)(F)F)cc1. The lowest BCUT2D eigenvalue weighted by Gasteiger charge is -2.12. The molecule has 0 fully saturated rings. The first-order chi connectivity index (χ1) is 11.6. The Hall–Kier alpha value is -2.69. The van der Waals surface area contributed by atoms with E-state index >= 15 is 0 Å². The molecule has 2 rings (SSSR count). The van der Waals surface area contributed by atoms with E-state index in [4.69, 9.17) is 11.5 Å². The van der Waals surface area contributed by atoms with E-state index in [0.717, 1.165) is 23.9 Å². The summed E-state index contributed by atoms with van der Waals surface area (Å²) >= 11 is 1.04. The topological polar surface area (TPSA) is 116 Å². The number of benzene rings is 1. The summed E-state index contributed by atoms with van der Waals surface area (Å²) in [6.07, 6.45) is -4.77. The number of nitrogens with zero attached hydrogens (tertiary/aromatic N) is 2. The van der Waals surface area contributed by atoms with Crippen molar-refractivity contribution in [2.45, 2.75) is 23.7 Å². The molecular weight excluding hydrogens is 359 g/mol. The molecule has 1 atom stereocenters. The summed E-state index contributed by atoms with van der Waals surface area (Å²) in [6.45, 7) is 1.61. The van der Waals surface area contributed by atoms with E-state index in [1.54, 1.807) is 6.92 Å². The predicted octanol–water partition coefficient (Wildman–Crippen LogP) is 2.66. The number of nitrogens with one attached hydrogen (secondary N) is 1. The zero-order valence-corrected chi connectivity index (χ0v) is 13.7. The van der Waals surface area contributed by atoms with Crippen molar-refractivity contribution in [2.75, 3.05) is 16.8 Å². The van der Waals surface area contributed by atoms with Crippen LogP contribution in [0.15, 0.2) is 35.5 Å². The van der Waals surface area contributed by atoms with Gasteiger partial charge in [0.25, 0.3) is 0 Å². The average Bonchev–Trinajstić information content (AvgIpc) is 2.46. The van der Waals surface area contributed by atoms with Gasteiger partial charge in [0.1, 0.15) is 17.4 Å². The Morgan fingerprint density at radius 3 is 2.28 bits per heavy atom. The minimum atomic E-state index is -4.77. The lowest BCUT2D eigenvalue weighted by Crippen LogP contribution is -2.23. The lowest BCUT2D eigenvalue weighted by atomic mass is 10.3. The van der Waals surface area contributed by atoms with Gasteiger partial charge >= 0.3 is 6.36 Å². The van der Waals surface area contributed by atoms with Crippen molar-refractivity contribution >= 4 is 35.0 Å². The second-order valence-electron chi connectivity index (χ2n) is 4.82. The van der Waals surface area contributed by atoms with Crippen molar-refractivity contribution in [3.05, 3.63) is 30.3 Å². The second-order valence-corrected chi connectivity index (χ2v) is 6.13. The molecule has 1 heterocycles. The minimum Gasteiger partial charge on any atom is -0.406 e. The van der Waals surface area contributed by atoms with E-state index in [2.05, 4.69) is 20.0 Å². The van der Waals surface area contributed by atoms with Crippen LogP contribution in [-0.2, 0) is 4.79 Å². The molecule has 25 heavy (non-hydrogen) atoms. The maximum absolute atomic E-state index is 12.1. The number of halogens is 3. The number of carbonyl (C=O) groups is 1. The summed E-state index contributed by atoms with van der Waals surface area (Å²) in [7, 11) is 0. The average molecular weight is 373 g/mol. The molecule has 0 aliphatic heterocycles. The van der Waals surface area contributed by atoms with Crippen molar-refractivity contribution in [3.8, 4) is 5.75 Å². The summed E-state index contributed by atoms with van der Waals surface area (Å²) in [6, 6.07) is 6.18. The van der Waals surface area contributed by atoms with Gasteiger partial charge in [-0.15, -0.1) is 13.2 Å². The highest BCUT2D eigenvalue weighted by atomic mass is 32.2. The highest BCUT2D eigenvalue weighted by molar-refractivity contribution is 8.00. The van der Waals surface area contributed by atoms with Crippen molar-refractivity contribution in [1.82, 2.24) is 9.97 Å². The number of anilines is 3. The number of carbonyl (C=O) groups excluding carboxylic acids is 1. The van der Waals surface area contributed by atoms with Gasteiger partial charge < -0.3 is 21.5 Å².